The van der Waals surface area contributed by atoms with Crippen molar-refractivity contribution in [3.63, 3.8) is 0 Å². The van der Waals surface area contributed by atoms with Gasteiger partial charge in [-0.3, -0.25) is 24.3 Å². The molecule has 1 heterocycles. The molecular weight excluding hydrogens is 317 g/mol. The largest absolute Gasteiger partial charge is 0.329 e. The Morgan fingerprint density at radius 2 is 1.88 bits per heavy atom. The third-order valence-electron chi connectivity index (χ3n) is 3.62. The lowest BCUT2D eigenvalue weighted by Crippen LogP contribution is -2.30. The summed E-state index contributed by atoms with van der Waals surface area (Å²) in [5.74, 6) is -1.22. The number of nitrogens with one attached hydrogen (secondary N) is 2. The number of carbonyl (C=O) groups excluding carboxylic acids is 1. The second-order valence-electron chi connectivity index (χ2n) is 5.14. The molecule has 3 aromatic rings. The van der Waals surface area contributed by atoms with E-state index in [4.69, 9.17) is 5.21 Å². The Kier molecular flexibility index (Phi) is 3.97. The molecule has 1 aromatic heterocycles. The lowest BCUT2D eigenvalue weighted by molar-refractivity contribution is 0.0706. The minimum Gasteiger partial charge on any atom is -0.289 e. The van der Waals surface area contributed by atoms with Crippen molar-refractivity contribution in [3.05, 3.63) is 80.2 Å². The smallest absolute Gasteiger partial charge is 0.289 e. The van der Waals surface area contributed by atoms with Crippen LogP contribution in [0.4, 0.5) is 4.39 Å². The number of nitrogens with zero attached hydrogens (tertiary/aromatic N) is 1. The summed E-state index contributed by atoms with van der Waals surface area (Å²) in [4.78, 5) is 37.3. The van der Waals surface area contributed by atoms with E-state index in [-0.39, 0.29) is 17.5 Å². The van der Waals surface area contributed by atoms with Gasteiger partial charge in [-0.05, 0) is 35.9 Å². The zero-order chi connectivity index (χ0) is 17.3. The molecule has 0 aliphatic heterocycles. The number of rotatable bonds is 3. The van der Waals surface area contributed by atoms with Crippen molar-refractivity contribution in [1.82, 2.24) is 15.0 Å². The third kappa shape index (κ3) is 2.82. The van der Waals surface area contributed by atoms with Crippen LogP contribution >= 0.6 is 0 Å². The first-order valence-corrected chi connectivity index (χ1v) is 6.95. The Hall–Kier alpha value is -3.26. The lowest BCUT2D eigenvalue weighted by atomic mass is 10.1. The van der Waals surface area contributed by atoms with Gasteiger partial charge in [-0.1, -0.05) is 12.1 Å². The molecule has 1 amide bonds. The molecule has 3 N–H and O–H groups in total. The van der Waals surface area contributed by atoms with E-state index in [0.717, 1.165) is 6.07 Å². The number of aromatic amines is 1. The minimum atomic E-state index is -0.652. The van der Waals surface area contributed by atoms with Crippen LogP contribution in [0.1, 0.15) is 15.9 Å². The Labute approximate surface area is 133 Å². The fourth-order valence-electron chi connectivity index (χ4n) is 2.43. The van der Waals surface area contributed by atoms with Gasteiger partial charge in [0.2, 0.25) is 0 Å². The van der Waals surface area contributed by atoms with E-state index in [1.807, 2.05) is 0 Å². The van der Waals surface area contributed by atoms with Crippen LogP contribution in [0.5, 0.6) is 0 Å². The quantitative estimate of drug-likeness (QED) is 0.492. The number of hydrogen-bond donors (Lipinski definition) is 3. The number of fused-ring (bicyclic) bond motifs is 1. The van der Waals surface area contributed by atoms with E-state index < -0.39 is 23.0 Å². The predicted molar refractivity (Wildman–Crippen MR) is 83.6 cm³/mol. The maximum Gasteiger partial charge on any atom is 0.329 e. The highest BCUT2D eigenvalue weighted by atomic mass is 19.1. The first kappa shape index (κ1) is 15.6. The predicted octanol–water partition coefficient (Wildman–Crippen LogP) is 0.996. The van der Waals surface area contributed by atoms with Gasteiger partial charge in [0.25, 0.3) is 11.5 Å². The third-order valence-corrected chi connectivity index (χ3v) is 3.62. The van der Waals surface area contributed by atoms with E-state index in [0.29, 0.717) is 11.1 Å². The second-order valence-corrected chi connectivity index (χ2v) is 5.14. The van der Waals surface area contributed by atoms with Crippen LogP contribution in [-0.4, -0.2) is 20.7 Å². The fraction of sp³-hybridized carbons (Fsp3) is 0.0625. The van der Waals surface area contributed by atoms with Gasteiger partial charge in [0.1, 0.15) is 5.82 Å². The summed E-state index contributed by atoms with van der Waals surface area (Å²) in [7, 11) is 0. The van der Waals surface area contributed by atoms with Crippen molar-refractivity contribution >= 4 is 16.8 Å². The first-order valence-electron chi connectivity index (χ1n) is 6.95. The molecule has 122 valence electrons. The van der Waals surface area contributed by atoms with Gasteiger partial charge >= 0.3 is 5.69 Å². The van der Waals surface area contributed by atoms with Gasteiger partial charge in [0.15, 0.2) is 0 Å². The summed E-state index contributed by atoms with van der Waals surface area (Å²) in [6.45, 7) is 0.124. The molecule has 0 saturated heterocycles. The first-order chi connectivity index (χ1) is 11.5. The number of benzene rings is 2. The Balaban J connectivity index is 2.06. The van der Waals surface area contributed by atoms with Crippen LogP contribution in [0.2, 0.25) is 0 Å². The molecule has 7 nitrogen and oxygen atoms in total. The zero-order valence-corrected chi connectivity index (χ0v) is 12.2. The summed E-state index contributed by atoms with van der Waals surface area (Å²) >= 11 is 0. The van der Waals surface area contributed by atoms with Crippen LogP contribution in [0.25, 0.3) is 10.9 Å². The van der Waals surface area contributed by atoms with Crippen molar-refractivity contribution in [1.29, 1.82) is 0 Å². The number of hydrogen-bond acceptors (Lipinski definition) is 4. The van der Waals surface area contributed by atoms with Crippen molar-refractivity contribution in [2.45, 2.75) is 6.54 Å². The van der Waals surface area contributed by atoms with Gasteiger partial charge in [0.05, 0.1) is 17.4 Å². The highest BCUT2D eigenvalue weighted by Gasteiger charge is 2.10. The maximum atomic E-state index is 13.3. The van der Waals surface area contributed by atoms with E-state index in [1.165, 1.54) is 34.3 Å². The van der Waals surface area contributed by atoms with Crippen LogP contribution in [0.15, 0.2) is 52.1 Å². The molecule has 24 heavy (non-hydrogen) atoms. The number of hydroxylamine groups is 1. The minimum absolute atomic E-state index is 0.0749. The molecule has 0 unspecified atom stereocenters. The second kappa shape index (κ2) is 6.09. The monoisotopic (exact) mass is 329 g/mol. The number of halogens is 1. The van der Waals surface area contributed by atoms with Crippen molar-refractivity contribution < 1.29 is 14.4 Å². The Bertz CT molecular complexity index is 1040. The van der Waals surface area contributed by atoms with Gasteiger partial charge in [-0.15, -0.1) is 0 Å². The van der Waals surface area contributed by atoms with Crippen molar-refractivity contribution in [3.8, 4) is 0 Å². The molecule has 0 bridgehead atoms. The summed E-state index contributed by atoms with van der Waals surface area (Å²) in [5, 5.41) is 8.66. The molecule has 0 spiro atoms. The molecule has 0 saturated carbocycles. The highest BCUT2D eigenvalue weighted by molar-refractivity contribution is 5.93. The van der Waals surface area contributed by atoms with Crippen LogP contribution in [-0.2, 0) is 6.54 Å². The molecule has 3 rings (SSSR count). The SMILES string of the molecule is O=C(NO)c1ccc(Cn2c(=O)[nH]c(=O)c3cc(F)ccc32)cc1. The molecule has 0 aliphatic carbocycles. The Morgan fingerprint density at radius 3 is 2.54 bits per heavy atom. The topological polar surface area (TPSA) is 104 Å². The lowest BCUT2D eigenvalue weighted by Gasteiger charge is -2.10. The van der Waals surface area contributed by atoms with Crippen molar-refractivity contribution in [2.24, 2.45) is 0 Å². The molecule has 0 fully saturated rings. The molecule has 8 heteroatoms. The van der Waals surface area contributed by atoms with Gasteiger partial charge in [0, 0.05) is 5.56 Å². The summed E-state index contributed by atoms with van der Waals surface area (Å²) in [6.07, 6.45) is 0. The number of H-pyrrole nitrogens is 1. The van der Waals surface area contributed by atoms with E-state index in [9.17, 15) is 18.8 Å². The number of carbonyl (C=O) groups is 1. The fourth-order valence-corrected chi connectivity index (χ4v) is 2.43. The summed E-state index contributed by atoms with van der Waals surface area (Å²) in [5.41, 5.74) is 1.50. The van der Waals surface area contributed by atoms with Gasteiger partial charge in [-0.2, -0.15) is 0 Å². The average Bonchev–Trinajstić information content (AvgIpc) is 2.58. The Morgan fingerprint density at radius 1 is 1.17 bits per heavy atom. The molecule has 0 radical (unpaired) electrons. The van der Waals surface area contributed by atoms with Crippen LogP contribution in [0, 0.1) is 5.82 Å². The molecular formula is C16H12FN3O4. The van der Waals surface area contributed by atoms with E-state index in [2.05, 4.69) is 4.98 Å². The van der Waals surface area contributed by atoms with E-state index >= 15 is 0 Å². The van der Waals surface area contributed by atoms with Crippen LogP contribution < -0.4 is 16.7 Å². The summed E-state index contributed by atoms with van der Waals surface area (Å²) in [6, 6.07) is 9.80. The molecule has 0 aliphatic rings. The summed E-state index contributed by atoms with van der Waals surface area (Å²) < 4.78 is 14.6. The van der Waals surface area contributed by atoms with Gasteiger partial charge in [-0.25, -0.2) is 14.7 Å². The van der Waals surface area contributed by atoms with Crippen LogP contribution in [0.3, 0.4) is 0 Å². The standard InChI is InChI=1S/C16H12FN3O4/c17-11-5-6-13-12(7-11)15(22)18-16(23)20(13)8-9-1-3-10(4-2-9)14(21)19-24/h1-7,24H,8H2,(H,19,21)(H,18,22,23). The highest BCUT2D eigenvalue weighted by Crippen LogP contribution is 2.12. The number of amides is 1. The normalized spacial score (nSPS) is 10.8. The van der Waals surface area contributed by atoms with E-state index in [1.54, 1.807) is 12.1 Å². The average molecular weight is 329 g/mol. The molecule has 0 atom stereocenters. The number of aromatic nitrogens is 2. The zero-order valence-electron chi connectivity index (χ0n) is 12.2. The molecule has 2 aromatic carbocycles. The van der Waals surface area contributed by atoms with Gasteiger partial charge < -0.3 is 0 Å². The van der Waals surface area contributed by atoms with Crippen molar-refractivity contribution in [2.75, 3.05) is 0 Å². The maximum absolute atomic E-state index is 13.3.